The predicted octanol–water partition coefficient (Wildman–Crippen LogP) is 0.824. The van der Waals surface area contributed by atoms with Crippen molar-refractivity contribution in [3.8, 4) is 0 Å². The van der Waals surface area contributed by atoms with E-state index in [4.69, 9.17) is 0 Å². The first-order valence-corrected chi connectivity index (χ1v) is 5.61. The quantitative estimate of drug-likeness (QED) is 0.760. The molecule has 1 saturated heterocycles. The summed E-state index contributed by atoms with van der Waals surface area (Å²) in [6.07, 6.45) is 3.40. The van der Waals surface area contributed by atoms with E-state index in [1.807, 2.05) is 17.9 Å². The van der Waals surface area contributed by atoms with Crippen LogP contribution in [0.25, 0.3) is 0 Å². The number of carbonyl (C=O) groups is 1. The molecular formula is C12H17N3O. The molecule has 1 aromatic rings. The number of amides is 1. The largest absolute Gasteiger partial charge is 0.336 e. The highest BCUT2D eigenvalue weighted by atomic mass is 16.2. The third-order valence-corrected chi connectivity index (χ3v) is 2.78. The second-order valence-corrected chi connectivity index (χ2v) is 4.36. The number of pyridine rings is 1. The molecule has 1 fully saturated rings. The smallest absolute Gasteiger partial charge is 0.255 e. The van der Waals surface area contributed by atoms with Gasteiger partial charge in [-0.1, -0.05) is 0 Å². The van der Waals surface area contributed by atoms with Crippen molar-refractivity contribution in [2.24, 2.45) is 0 Å². The normalized spacial score (nSPS) is 20.9. The minimum absolute atomic E-state index is 0.0875. The van der Waals surface area contributed by atoms with Crippen LogP contribution in [0.15, 0.2) is 18.5 Å². The minimum Gasteiger partial charge on any atom is -0.336 e. The Morgan fingerprint density at radius 1 is 1.56 bits per heavy atom. The van der Waals surface area contributed by atoms with Crippen LogP contribution in [0.1, 0.15) is 22.8 Å². The van der Waals surface area contributed by atoms with Gasteiger partial charge >= 0.3 is 0 Å². The summed E-state index contributed by atoms with van der Waals surface area (Å²) >= 11 is 0. The van der Waals surface area contributed by atoms with Gasteiger partial charge in [0.05, 0.1) is 5.56 Å². The molecule has 86 valence electrons. The zero-order valence-corrected chi connectivity index (χ0v) is 9.73. The number of nitrogens with zero attached hydrogens (tertiary/aromatic N) is 2. The number of hydrogen-bond acceptors (Lipinski definition) is 3. The Kier molecular flexibility index (Phi) is 3.19. The van der Waals surface area contributed by atoms with Gasteiger partial charge in [-0.3, -0.25) is 9.78 Å². The Bertz CT molecular complexity index is 392. The van der Waals surface area contributed by atoms with Crippen molar-refractivity contribution in [2.75, 3.05) is 19.6 Å². The molecule has 1 atom stereocenters. The van der Waals surface area contributed by atoms with Crippen LogP contribution < -0.4 is 5.32 Å². The lowest BCUT2D eigenvalue weighted by Crippen LogP contribution is -2.51. The first-order valence-electron chi connectivity index (χ1n) is 5.61. The first-order chi connectivity index (χ1) is 7.66. The van der Waals surface area contributed by atoms with Crippen LogP contribution in [0, 0.1) is 6.92 Å². The molecule has 0 radical (unpaired) electrons. The van der Waals surface area contributed by atoms with E-state index in [1.54, 1.807) is 12.4 Å². The molecule has 1 N–H and O–H groups in total. The molecule has 0 aliphatic carbocycles. The van der Waals surface area contributed by atoms with Crippen molar-refractivity contribution < 1.29 is 4.79 Å². The second kappa shape index (κ2) is 4.61. The van der Waals surface area contributed by atoms with Crippen LogP contribution in [0.5, 0.6) is 0 Å². The summed E-state index contributed by atoms with van der Waals surface area (Å²) in [5, 5.41) is 3.32. The lowest BCUT2D eigenvalue weighted by atomic mass is 10.1. The fourth-order valence-electron chi connectivity index (χ4n) is 1.97. The van der Waals surface area contributed by atoms with E-state index in [0.29, 0.717) is 11.6 Å². The van der Waals surface area contributed by atoms with E-state index in [1.165, 1.54) is 0 Å². The van der Waals surface area contributed by atoms with Gasteiger partial charge in [0.25, 0.3) is 5.91 Å². The number of rotatable bonds is 1. The van der Waals surface area contributed by atoms with Gasteiger partial charge in [0.1, 0.15) is 0 Å². The van der Waals surface area contributed by atoms with Crippen molar-refractivity contribution in [3.63, 3.8) is 0 Å². The number of carbonyl (C=O) groups excluding carboxylic acids is 1. The molecule has 1 aliphatic rings. The maximum atomic E-state index is 12.2. The molecule has 0 saturated carbocycles. The first kappa shape index (κ1) is 11.1. The van der Waals surface area contributed by atoms with Crippen molar-refractivity contribution in [2.45, 2.75) is 19.9 Å². The van der Waals surface area contributed by atoms with Crippen LogP contribution in [0.2, 0.25) is 0 Å². The van der Waals surface area contributed by atoms with Gasteiger partial charge in [-0.2, -0.15) is 0 Å². The lowest BCUT2D eigenvalue weighted by Gasteiger charge is -2.31. The molecule has 1 aromatic heterocycles. The average Bonchev–Trinajstić information content (AvgIpc) is 2.28. The van der Waals surface area contributed by atoms with Crippen LogP contribution in [0.4, 0.5) is 0 Å². The van der Waals surface area contributed by atoms with Crippen molar-refractivity contribution >= 4 is 5.91 Å². The van der Waals surface area contributed by atoms with Gasteiger partial charge in [0, 0.05) is 38.1 Å². The zero-order chi connectivity index (χ0) is 11.5. The summed E-state index contributed by atoms with van der Waals surface area (Å²) in [7, 11) is 0. The van der Waals surface area contributed by atoms with Crippen LogP contribution in [-0.2, 0) is 0 Å². The van der Waals surface area contributed by atoms with E-state index in [-0.39, 0.29) is 5.91 Å². The molecule has 0 bridgehead atoms. The fourth-order valence-corrected chi connectivity index (χ4v) is 1.97. The molecule has 2 rings (SSSR count). The van der Waals surface area contributed by atoms with Gasteiger partial charge in [-0.25, -0.2) is 0 Å². The van der Waals surface area contributed by atoms with Crippen LogP contribution >= 0.6 is 0 Å². The second-order valence-electron chi connectivity index (χ2n) is 4.36. The molecule has 4 nitrogen and oxygen atoms in total. The monoisotopic (exact) mass is 219 g/mol. The summed E-state index contributed by atoms with van der Waals surface area (Å²) < 4.78 is 0. The third kappa shape index (κ3) is 2.39. The van der Waals surface area contributed by atoms with Crippen LogP contribution in [-0.4, -0.2) is 41.5 Å². The third-order valence-electron chi connectivity index (χ3n) is 2.78. The van der Waals surface area contributed by atoms with Crippen molar-refractivity contribution in [3.05, 3.63) is 29.6 Å². The Morgan fingerprint density at radius 3 is 3.06 bits per heavy atom. The van der Waals surface area contributed by atoms with Gasteiger partial charge in [0.15, 0.2) is 0 Å². The van der Waals surface area contributed by atoms with E-state index >= 15 is 0 Å². The lowest BCUT2D eigenvalue weighted by molar-refractivity contribution is 0.0708. The van der Waals surface area contributed by atoms with Gasteiger partial charge in [0.2, 0.25) is 0 Å². The fraction of sp³-hybridized carbons (Fsp3) is 0.500. The number of nitrogens with one attached hydrogen (secondary N) is 1. The predicted molar refractivity (Wildman–Crippen MR) is 62.3 cm³/mol. The Morgan fingerprint density at radius 2 is 2.38 bits per heavy atom. The highest BCUT2D eigenvalue weighted by Crippen LogP contribution is 2.08. The molecule has 0 spiro atoms. The average molecular weight is 219 g/mol. The van der Waals surface area contributed by atoms with Crippen molar-refractivity contribution in [1.82, 2.24) is 15.2 Å². The molecule has 0 aromatic carbocycles. The summed E-state index contributed by atoms with van der Waals surface area (Å²) in [5.41, 5.74) is 1.71. The van der Waals surface area contributed by atoms with Crippen LogP contribution in [0.3, 0.4) is 0 Å². The molecule has 16 heavy (non-hydrogen) atoms. The topological polar surface area (TPSA) is 45.2 Å². The highest BCUT2D eigenvalue weighted by Gasteiger charge is 2.21. The maximum absolute atomic E-state index is 12.2. The molecule has 2 heterocycles. The Balaban J connectivity index is 2.12. The molecular weight excluding hydrogens is 202 g/mol. The SMILES string of the molecule is Cc1cncc(C(=O)N2CCN[C@H](C)C2)c1. The van der Waals surface area contributed by atoms with E-state index < -0.39 is 0 Å². The molecule has 1 amide bonds. The van der Waals surface area contributed by atoms with Gasteiger partial charge in [-0.15, -0.1) is 0 Å². The summed E-state index contributed by atoms with van der Waals surface area (Å²) in [6, 6.07) is 2.26. The Labute approximate surface area is 95.7 Å². The summed E-state index contributed by atoms with van der Waals surface area (Å²) in [4.78, 5) is 18.1. The Hall–Kier alpha value is -1.42. The number of hydrogen-bond donors (Lipinski definition) is 1. The van der Waals surface area contributed by atoms with Gasteiger partial charge < -0.3 is 10.2 Å². The van der Waals surface area contributed by atoms with Crippen molar-refractivity contribution in [1.29, 1.82) is 0 Å². The number of piperazine rings is 1. The van der Waals surface area contributed by atoms with E-state index in [9.17, 15) is 4.79 Å². The molecule has 0 unspecified atom stereocenters. The number of aryl methyl sites for hydroxylation is 1. The maximum Gasteiger partial charge on any atom is 0.255 e. The molecule has 4 heteroatoms. The molecule has 1 aliphatic heterocycles. The van der Waals surface area contributed by atoms with E-state index in [0.717, 1.165) is 25.2 Å². The number of aromatic nitrogens is 1. The zero-order valence-electron chi connectivity index (χ0n) is 9.73. The minimum atomic E-state index is 0.0875. The standard InChI is InChI=1S/C12H17N3O/c1-9-5-11(7-13-6-9)12(16)15-4-3-14-10(2)8-15/h5-7,10,14H,3-4,8H2,1-2H3/t10-/m1/s1. The summed E-state index contributed by atoms with van der Waals surface area (Å²) in [6.45, 7) is 6.45. The van der Waals surface area contributed by atoms with E-state index in [2.05, 4.69) is 17.2 Å². The van der Waals surface area contributed by atoms with Gasteiger partial charge in [-0.05, 0) is 25.5 Å². The summed E-state index contributed by atoms with van der Waals surface area (Å²) in [5.74, 6) is 0.0875. The highest BCUT2D eigenvalue weighted by molar-refractivity contribution is 5.94.